The Balaban J connectivity index is 1.46. The third kappa shape index (κ3) is 3.68. The fraction of sp³-hybridized carbons (Fsp3) is 0.611. The molecule has 0 bridgehead atoms. The molecule has 1 aliphatic heterocycles. The van der Waals surface area contributed by atoms with E-state index in [9.17, 15) is 4.79 Å². The number of carbonyl (C=O) groups excluding carboxylic acids is 1. The highest BCUT2D eigenvalue weighted by molar-refractivity contribution is 5.76. The van der Waals surface area contributed by atoms with Crippen molar-refractivity contribution in [3.63, 3.8) is 0 Å². The molecule has 0 aromatic heterocycles. The summed E-state index contributed by atoms with van der Waals surface area (Å²) in [5, 5.41) is 3.12. The van der Waals surface area contributed by atoms with Crippen LogP contribution in [0.5, 0.6) is 0 Å². The van der Waals surface area contributed by atoms with Gasteiger partial charge in [0.1, 0.15) is 0 Å². The summed E-state index contributed by atoms with van der Waals surface area (Å²) >= 11 is 0. The number of rotatable bonds is 6. The van der Waals surface area contributed by atoms with Crippen LogP contribution >= 0.6 is 0 Å². The lowest BCUT2D eigenvalue weighted by Gasteiger charge is -2.30. The average Bonchev–Trinajstić information content (AvgIpc) is 3.36. The van der Waals surface area contributed by atoms with E-state index in [2.05, 4.69) is 5.32 Å². The lowest BCUT2D eigenvalue weighted by molar-refractivity contribution is -0.121. The van der Waals surface area contributed by atoms with E-state index in [1.807, 2.05) is 30.3 Å². The highest BCUT2D eigenvalue weighted by atomic mass is 16.5. The predicted octanol–water partition coefficient (Wildman–Crippen LogP) is 2.40. The monoisotopic (exact) mass is 302 g/mol. The summed E-state index contributed by atoms with van der Waals surface area (Å²) in [5.74, 6) is 0.777. The van der Waals surface area contributed by atoms with Crippen LogP contribution in [0.4, 0.5) is 0 Å². The molecule has 1 unspecified atom stereocenters. The first kappa shape index (κ1) is 15.5. The number of carbonyl (C=O) groups is 1. The van der Waals surface area contributed by atoms with Gasteiger partial charge in [0.2, 0.25) is 5.91 Å². The first-order valence-electron chi connectivity index (χ1n) is 8.35. The van der Waals surface area contributed by atoms with Crippen molar-refractivity contribution < 1.29 is 9.53 Å². The van der Waals surface area contributed by atoms with Crippen LogP contribution < -0.4 is 11.1 Å². The maximum Gasteiger partial charge on any atom is 0.221 e. The van der Waals surface area contributed by atoms with E-state index >= 15 is 0 Å². The topological polar surface area (TPSA) is 64.4 Å². The third-order valence-electron chi connectivity index (χ3n) is 5.25. The summed E-state index contributed by atoms with van der Waals surface area (Å²) in [5.41, 5.74) is 7.48. The van der Waals surface area contributed by atoms with Crippen LogP contribution in [0.15, 0.2) is 30.3 Å². The number of hydrogen-bond acceptors (Lipinski definition) is 3. The molecule has 2 aliphatic rings. The molecule has 1 atom stereocenters. The Labute approximate surface area is 132 Å². The molecule has 1 aromatic carbocycles. The first-order chi connectivity index (χ1) is 10.7. The Morgan fingerprint density at radius 1 is 1.27 bits per heavy atom. The summed E-state index contributed by atoms with van der Waals surface area (Å²) in [6.45, 7) is 2.55. The summed E-state index contributed by atoms with van der Waals surface area (Å²) in [6.07, 6.45) is 5.11. The zero-order chi connectivity index (χ0) is 15.4. The van der Waals surface area contributed by atoms with Gasteiger partial charge in [0, 0.05) is 32.2 Å². The van der Waals surface area contributed by atoms with Gasteiger partial charge in [-0.15, -0.1) is 0 Å². The standard InChI is InChI=1S/C18H26N2O2/c19-16(14-4-2-1-3-5-14)12-17(21)20-13-18(8-9-18)15-6-10-22-11-7-15/h1-5,15-16H,6-13,19H2,(H,20,21). The number of nitrogens with two attached hydrogens (primary N) is 1. The molecule has 1 amide bonds. The van der Waals surface area contributed by atoms with Crippen LogP contribution in [-0.4, -0.2) is 25.7 Å². The Kier molecular flexibility index (Phi) is 4.79. The van der Waals surface area contributed by atoms with Crippen LogP contribution in [0, 0.1) is 11.3 Å². The fourth-order valence-electron chi connectivity index (χ4n) is 3.56. The molecule has 3 N–H and O–H groups in total. The lowest BCUT2D eigenvalue weighted by atomic mass is 9.83. The van der Waals surface area contributed by atoms with Crippen LogP contribution in [0.25, 0.3) is 0 Å². The molecule has 4 heteroatoms. The molecule has 22 heavy (non-hydrogen) atoms. The molecular formula is C18H26N2O2. The molecule has 1 heterocycles. The quantitative estimate of drug-likeness (QED) is 0.848. The van der Waals surface area contributed by atoms with E-state index in [4.69, 9.17) is 10.5 Å². The Bertz CT molecular complexity index is 493. The molecule has 1 aromatic rings. The number of benzene rings is 1. The van der Waals surface area contributed by atoms with Gasteiger partial charge in [0.05, 0.1) is 0 Å². The second-order valence-corrected chi connectivity index (χ2v) is 6.75. The molecule has 1 saturated carbocycles. The second kappa shape index (κ2) is 6.80. The third-order valence-corrected chi connectivity index (χ3v) is 5.25. The van der Waals surface area contributed by atoms with Crippen molar-refractivity contribution in [1.82, 2.24) is 5.32 Å². The highest BCUT2D eigenvalue weighted by Gasteiger charge is 2.49. The largest absolute Gasteiger partial charge is 0.381 e. The van der Waals surface area contributed by atoms with Crippen molar-refractivity contribution in [3.05, 3.63) is 35.9 Å². The van der Waals surface area contributed by atoms with E-state index in [1.54, 1.807) is 0 Å². The van der Waals surface area contributed by atoms with Gasteiger partial charge >= 0.3 is 0 Å². The maximum absolute atomic E-state index is 12.2. The molecule has 1 saturated heterocycles. The van der Waals surface area contributed by atoms with Crippen LogP contribution in [-0.2, 0) is 9.53 Å². The highest BCUT2D eigenvalue weighted by Crippen LogP contribution is 2.54. The van der Waals surface area contributed by atoms with Gasteiger partial charge in [-0.1, -0.05) is 30.3 Å². The Hall–Kier alpha value is -1.39. The van der Waals surface area contributed by atoms with Crippen LogP contribution in [0.2, 0.25) is 0 Å². The summed E-state index contributed by atoms with van der Waals surface area (Å²) in [6, 6.07) is 9.60. The molecule has 120 valence electrons. The molecule has 3 rings (SSSR count). The lowest BCUT2D eigenvalue weighted by Crippen LogP contribution is -2.37. The van der Waals surface area contributed by atoms with Crippen molar-refractivity contribution in [2.75, 3.05) is 19.8 Å². The van der Waals surface area contributed by atoms with Gasteiger partial charge in [-0.2, -0.15) is 0 Å². The zero-order valence-corrected chi connectivity index (χ0v) is 13.1. The van der Waals surface area contributed by atoms with Gasteiger partial charge in [0.15, 0.2) is 0 Å². The first-order valence-corrected chi connectivity index (χ1v) is 8.35. The van der Waals surface area contributed by atoms with Gasteiger partial charge in [0.25, 0.3) is 0 Å². The molecule has 1 aliphatic carbocycles. The van der Waals surface area contributed by atoms with Gasteiger partial charge in [-0.3, -0.25) is 4.79 Å². The van der Waals surface area contributed by atoms with Gasteiger partial charge in [-0.25, -0.2) is 0 Å². The summed E-state index contributed by atoms with van der Waals surface area (Å²) < 4.78 is 5.45. The number of hydrogen-bond donors (Lipinski definition) is 2. The minimum Gasteiger partial charge on any atom is -0.381 e. The minimum absolute atomic E-state index is 0.0645. The Morgan fingerprint density at radius 2 is 1.95 bits per heavy atom. The van der Waals surface area contributed by atoms with Crippen molar-refractivity contribution in [1.29, 1.82) is 0 Å². The molecule has 0 spiro atoms. The van der Waals surface area contributed by atoms with Crippen molar-refractivity contribution in [3.8, 4) is 0 Å². The van der Waals surface area contributed by atoms with Crippen molar-refractivity contribution in [2.45, 2.75) is 38.1 Å². The van der Waals surface area contributed by atoms with E-state index in [0.717, 1.165) is 38.2 Å². The molecule has 2 fully saturated rings. The maximum atomic E-state index is 12.2. The zero-order valence-electron chi connectivity index (χ0n) is 13.1. The van der Waals surface area contributed by atoms with Crippen LogP contribution in [0.3, 0.4) is 0 Å². The predicted molar refractivity (Wildman–Crippen MR) is 86.2 cm³/mol. The normalized spacial score (nSPS) is 22.0. The van der Waals surface area contributed by atoms with E-state index in [0.29, 0.717) is 17.8 Å². The molecule has 4 nitrogen and oxygen atoms in total. The van der Waals surface area contributed by atoms with E-state index in [-0.39, 0.29) is 11.9 Å². The Morgan fingerprint density at radius 3 is 2.59 bits per heavy atom. The van der Waals surface area contributed by atoms with Gasteiger partial charge < -0.3 is 15.8 Å². The van der Waals surface area contributed by atoms with E-state index in [1.165, 1.54) is 12.8 Å². The molecule has 0 radical (unpaired) electrons. The fourth-order valence-corrected chi connectivity index (χ4v) is 3.56. The summed E-state index contributed by atoms with van der Waals surface area (Å²) in [7, 11) is 0. The number of amides is 1. The van der Waals surface area contributed by atoms with Crippen LogP contribution in [0.1, 0.15) is 43.7 Å². The average molecular weight is 302 g/mol. The van der Waals surface area contributed by atoms with Gasteiger partial charge in [-0.05, 0) is 42.6 Å². The number of nitrogens with one attached hydrogen (secondary N) is 1. The van der Waals surface area contributed by atoms with Crippen molar-refractivity contribution >= 4 is 5.91 Å². The van der Waals surface area contributed by atoms with Crippen molar-refractivity contribution in [2.24, 2.45) is 17.1 Å². The summed E-state index contributed by atoms with van der Waals surface area (Å²) in [4.78, 5) is 12.2. The van der Waals surface area contributed by atoms with E-state index < -0.39 is 0 Å². The molecular weight excluding hydrogens is 276 g/mol. The minimum atomic E-state index is -0.223. The number of ether oxygens (including phenoxy) is 1. The SMILES string of the molecule is NC(CC(=O)NCC1(C2CCOCC2)CC1)c1ccccc1. The smallest absolute Gasteiger partial charge is 0.221 e. The second-order valence-electron chi connectivity index (χ2n) is 6.75.